The molecule has 0 amide bonds. The summed E-state index contributed by atoms with van der Waals surface area (Å²) in [7, 11) is -3.56. The molecule has 0 spiro atoms. The lowest BCUT2D eigenvalue weighted by atomic mass is 9.94. The molecule has 1 rings (SSSR count). The number of rotatable bonds is 2. The molecule has 78 valence electrons. The van der Waals surface area contributed by atoms with Crippen LogP contribution < -0.4 is 10.9 Å². The minimum Gasteiger partial charge on any atom is -0.329 e. The molecule has 0 aliphatic carbocycles. The Labute approximate surface area is 79.3 Å². The molecule has 2 atom stereocenters. The van der Waals surface area contributed by atoms with E-state index in [1.54, 1.807) is 0 Å². The lowest BCUT2D eigenvalue weighted by molar-refractivity contribution is 0.211. The van der Waals surface area contributed by atoms with E-state index in [1.165, 1.54) is 4.31 Å². The van der Waals surface area contributed by atoms with E-state index < -0.39 is 10.2 Å². The van der Waals surface area contributed by atoms with Crippen LogP contribution in [0.15, 0.2) is 0 Å². The molecule has 1 heterocycles. The fourth-order valence-electron chi connectivity index (χ4n) is 1.78. The third-order valence-corrected chi connectivity index (χ3v) is 3.66. The van der Waals surface area contributed by atoms with Gasteiger partial charge in [0.05, 0.1) is 0 Å². The van der Waals surface area contributed by atoms with E-state index >= 15 is 0 Å². The van der Waals surface area contributed by atoms with Crippen LogP contribution in [0.4, 0.5) is 0 Å². The molecule has 2 unspecified atom stereocenters. The maximum absolute atomic E-state index is 11.1. The van der Waals surface area contributed by atoms with Crippen molar-refractivity contribution in [2.24, 2.45) is 16.8 Å². The largest absolute Gasteiger partial charge is 0.329 e. The van der Waals surface area contributed by atoms with Crippen LogP contribution in [0.5, 0.6) is 0 Å². The zero-order chi connectivity index (χ0) is 10.1. The van der Waals surface area contributed by atoms with Crippen molar-refractivity contribution in [3.63, 3.8) is 0 Å². The normalized spacial score (nSPS) is 31.9. The highest BCUT2D eigenvalue weighted by atomic mass is 32.2. The van der Waals surface area contributed by atoms with Crippen molar-refractivity contribution in [3.8, 4) is 0 Å². The number of hydrogen-bond acceptors (Lipinski definition) is 3. The zero-order valence-electron chi connectivity index (χ0n) is 7.81. The van der Waals surface area contributed by atoms with Crippen molar-refractivity contribution in [2.75, 3.05) is 13.1 Å². The lowest BCUT2D eigenvalue weighted by Crippen LogP contribution is -2.51. The first-order valence-corrected chi connectivity index (χ1v) is 5.95. The Hall–Kier alpha value is -0.170. The van der Waals surface area contributed by atoms with E-state index in [9.17, 15) is 8.42 Å². The molecule has 0 aromatic rings. The molecule has 5 nitrogen and oxygen atoms in total. The standard InChI is InChI=1S/C7H17N3O2S/c1-6-2-3-10(13(9,11)12)7(4-6)5-8/h6-7H,2-5,8H2,1H3,(H2,9,11,12). The summed E-state index contributed by atoms with van der Waals surface area (Å²) in [5.74, 6) is 0.534. The summed E-state index contributed by atoms with van der Waals surface area (Å²) in [4.78, 5) is 0. The minimum absolute atomic E-state index is 0.112. The van der Waals surface area contributed by atoms with Crippen molar-refractivity contribution in [1.29, 1.82) is 0 Å². The summed E-state index contributed by atoms with van der Waals surface area (Å²) in [5, 5.41) is 5.06. The van der Waals surface area contributed by atoms with Crippen LogP contribution in [-0.2, 0) is 10.2 Å². The van der Waals surface area contributed by atoms with Crippen molar-refractivity contribution in [3.05, 3.63) is 0 Å². The van der Waals surface area contributed by atoms with Crippen LogP contribution in [0.25, 0.3) is 0 Å². The lowest BCUT2D eigenvalue weighted by Gasteiger charge is -2.35. The molecule has 0 aromatic heterocycles. The van der Waals surface area contributed by atoms with Crippen molar-refractivity contribution >= 4 is 10.2 Å². The van der Waals surface area contributed by atoms with Gasteiger partial charge in [0.1, 0.15) is 0 Å². The summed E-state index contributed by atoms with van der Waals surface area (Å²) in [6.07, 6.45) is 1.68. The van der Waals surface area contributed by atoms with E-state index in [0.717, 1.165) is 12.8 Å². The monoisotopic (exact) mass is 207 g/mol. The molecule has 0 bridgehead atoms. The Kier molecular flexibility index (Phi) is 3.28. The number of nitrogens with two attached hydrogens (primary N) is 2. The first-order valence-electron chi connectivity index (χ1n) is 4.44. The fraction of sp³-hybridized carbons (Fsp3) is 1.00. The summed E-state index contributed by atoms with van der Waals surface area (Å²) >= 11 is 0. The Morgan fingerprint density at radius 1 is 1.54 bits per heavy atom. The summed E-state index contributed by atoms with van der Waals surface area (Å²) in [6.45, 7) is 2.95. The van der Waals surface area contributed by atoms with Gasteiger partial charge in [-0.05, 0) is 18.8 Å². The fourth-order valence-corrected chi connectivity index (χ4v) is 2.73. The molecule has 1 saturated heterocycles. The number of nitrogens with zero attached hydrogens (tertiary/aromatic N) is 1. The van der Waals surface area contributed by atoms with Crippen LogP contribution in [0.3, 0.4) is 0 Å². The van der Waals surface area contributed by atoms with Gasteiger partial charge in [-0.1, -0.05) is 6.92 Å². The average Bonchev–Trinajstić information content (AvgIpc) is 2.01. The molecule has 0 aromatic carbocycles. The Morgan fingerprint density at radius 3 is 2.62 bits per heavy atom. The topological polar surface area (TPSA) is 89.4 Å². The highest BCUT2D eigenvalue weighted by Crippen LogP contribution is 2.22. The van der Waals surface area contributed by atoms with E-state index in [-0.39, 0.29) is 6.04 Å². The predicted octanol–water partition coefficient (Wildman–Crippen LogP) is -0.751. The second-order valence-electron chi connectivity index (χ2n) is 3.67. The summed E-state index contributed by atoms with van der Waals surface area (Å²) in [6, 6.07) is -0.112. The first-order chi connectivity index (χ1) is 5.95. The minimum atomic E-state index is -3.56. The molecule has 1 aliphatic heterocycles. The van der Waals surface area contributed by atoms with Crippen molar-refractivity contribution < 1.29 is 8.42 Å². The van der Waals surface area contributed by atoms with E-state index in [1.807, 2.05) is 0 Å². The van der Waals surface area contributed by atoms with Crippen LogP contribution >= 0.6 is 0 Å². The molecule has 13 heavy (non-hydrogen) atoms. The van der Waals surface area contributed by atoms with Gasteiger partial charge >= 0.3 is 0 Å². The third kappa shape index (κ3) is 2.63. The molecule has 0 radical (unpaired) electrons. The van der Waals surface area contributed by atoms with Crippen LogP contribution in [0.2, 0.25) is 0 Å². The van der Waals surface area contributed by atoms with Gasteiger partial charge in [-0.3, -0.25) is 0 Å². The molecule has 6 heteroatoms. The SMILES string of the molecule is CC1CCN(S(N)(=O)=O)C(CN)C1. The highest BCUT2D eigenvalue weighted by Gasteiger charge is 2.31. The van der Waals surface area contributed by atoms with Crippen molar-refractivity contribution in [2.45, 2.75) is 25.8 Å². The van der Waals surface area contributed by atoms with Crippen LogP contribution in [0.1, 0.15) is 19.8 Å². The predicted molar refractivity (Wildman–Crippen MR) is 51.1 cm³/mol. The number of hydrogen-bond donors (Lipinski definition) is 2. The Bertz CT molecular complexity index is 265. The van der Waals surface area contributed by atoms with E-state index in [2.05, 4.69) is 6.92 Å². The van der Waals surface area contributed by atoms with Crippen LogP contribution in [0, 0.1) is 5.92 Å². The maximum atomic E-state index is 11.1. The quantitative estimate of drug-likeness (QED) is 0.624. The summed E-state index contributed by atoms with van der Waals surface area (Å²) < 4.78 is 23.5. The van der Waals surface area contributed by atoms with E-state index in [0.29, 0.717) is 19.0 Å². The Balaban J connectivity index is 2.74. The van der Waals surface area contributed by atoms with Crippen molar-refractivity contribution in [1.82, 2.24) is 4.31 Å². The second-order valence-corrected chi connectivity index (χ2v) is 5.17. The smallest absolute Gasteiger partial charge is 0.277 e. The highest BCUT2D eigenvalue weighted by molar-refractivity contribution is 7.86. The molecular formula is C7H17N3O2S. The molecule has 4 N–H and O–H groups in total. The second kappa shape index (κ2) is 3.91. The van der Waals surface area contributed by atoms with Gasteiger partial charge in [-0.15, -0.1) is 0 Å². The van der Waals surface area contributed by atoms with Gasteiger partial charge in [0.25, 0.3) is 10.2 Å². The maximum Gasteiger partial charge on any atom is 0.277 e. The average molecular weight is 207 g/mol. The number of piperidine rings is 1. The first kappa shape index (κ1) is 10.9. The van der Waals surface area contributed by atoms with Gasteiger partial charge < -0.3 is 5.73 Å². The summed E-state index contributed by atoms with van der Waals surface area (Å²) in [5.41, 5.74) is 5.49. The van der Waals surface area contributed by atoms with Crippen LogP contribution in [-0.4, -0.2) is 31.9 Å². The van der Waals surface area contributed by atoms with Gasteiger partial charge in [-0.2, -0.15) is 12.7 Å². The molecule has 1 fully saturated rings. The van der Waals surface area contributed by atoms with Gasteiger partial charge in [0.15, 0.2) is 0 Å². The zero-order valence-corrected chi connectivity index (χ0v) is 8.63. The van der Waals surface area contributed by atoms with Gasteiger partial charge in [-0.25, -0.2) is 5.14 Å². The molecule has 1 aliphatic rings. The van der Waals surface area contributed by atoms with E-state index in [4.69, 9.17) is 10.9 Å². The molecular weight excluding hydrogens is 190 g/mol. The third-order valence-electron chi connectivity index (χ3n) is 2.52. The van der Waals surface area contributed by atoms with Gasteiger partial charge in [0, 0.05) is 19.1 Å². The van der Waals surface area contributed by atoms with Gasteiger partial charge in [0.2, 0.25) is 0 Å². The Morgan fingerprint density at radius 2 is 2.15 bits per heavy atom. The molecule has 0 saturated carbocycles.